The van der Waals surface area contributed by atoms with Crippen molar-refractivity contribution in [2.24, 2.45) is 0 Å². The molecular weight excluding hydrogens is 472 g/mol. The highest BCUT2D eigenvalue weighted by Gasteiger charge is 2.42. The van der Waals surface area contributed by atoms with Gasteiger partial charge in [0.2, 0.25) is 5.91 Å². The second-order valence-corrected chi connectivity index (χ2v) is 8.93. The number of furan rings is 1. The van der Waals surface area contributed by atoms with Crippen LogP contribution in [0.5, 0.6) is 0 Å². The van der Waals surface area contributed by atoms with E-state index in [2.05, 4.69) is 20.5 Å². The quantitative estimate of drug-likeness (QED) is 0.330. The van der Waals surface area contributed by atoms with Crippen molar-refractivity contribution < 1.29 is 13.9 Å². The molecule has 2 N–H and O–H groups in total. The van der Waals surface area contributed by atoms with E-state index < -0.39 is 0 Å². The highest BCUT2D eigenvalue weighted by Crippen LogP contribution is 2.43. The lowest BCUT2D eigenvalue weighted by Gasteiger charge is -2.26. The second kappa shape index (κ2) is 10.3. The van der Waals surface area contributed by atoms with E-state index in [0.717, 1.165) is 39.7 Å². The molecule has 0 unspecified atom stereocenters. The number of ether oxygens (including phenoxy) is 1. The van der Waals surface area contributed by atoms with Gasteiger partial charge in [-0.2, -0.15) is 0 Å². The van der Waals surface area contributed by atoms with Crippen LogP contribution in [-0.4, -0.2) is 29.7 Å². The van der Waals surface area contributed by atoms with E-state index in [-0.39, 0.29) is 24.6 Å². The van der Waals surface area contributed by atoms with E-state index >= 15 is 0 Å². The first-order valence-corrected chi connectivity index (χ1v) is 12.0. The normalized spacial score (nSPS) is 17.2. The molecule has 0 spiro atoms. The number of rotatable bonds is 7. The Labute approximate surface area is 215 Å². The van der Waals surface area contributed by atoms with E-state index in [1.54, 1.807) is 6.20 Å². The number of hydrogen-bond acceptors (Lipinski definition) is 5. The van der Waals surface area contributed by atoms with Gasteiger partial charge in [-0.3, -0.25) is 9.78 Å². The third-order valence-electron chi connectivity index (χ3n) is 6.11. The number of anilines is 2. The summed E-state index contributed by atoms with van der Waals surface area (Å²) in [5, 5.41) is 6.90. The number of methoxy groups -OCH3 is 1. The van der Waals surface area contributed by atoms with Crippen LogP contribution in [0.1, 0.15) is 29.1 Å². The fourth-order valence-electron chi connectivity index (χ4n) is 4.45. The van der Waals surface area contributed by atoms with Crippen LogP contribution in [0.15, 0.2) is 89.5 Å². The van der Waals surface area contributed by atoms with Gasteiger partial charge in [0.15, 0.2) is 5.11 Å². The summed E-state index contributed by atoms with van der Waals surface area (Å²) in [6.07, 6.45) is 1.78. The third-order valence-corrected chi connectivity index (χ3v) is 6.43. The molecular formula is C28H26N4O3S. The number of aryl methyl sites for hydroxylation is 1. The van der Waals surface area contributed by atoms with Crippen LogP contribution in [0.2, 0.25) is 0 Å². The zero-order valence-electron chi connectivity index (χ0n) is 20.0. The number of nitrogens with one attached hydrogen (secondary N) is 2. The average Bonchev–Trinajstić information content (AvgIpc) is 3.51. The van der Waals surface area contributed by atoms with Crippen molar-refractivity contribution in [3.63, 3.8) is 0 Å². The standard InChI is InChI=1S/C28H26N4O3S/c1-18-16-20(11-12-21(18)30-25(33)17-34-2)32-27(26(31-28(32)36)22-10-6-7-15-29-22)24-14-13-23(35-24)19-8-4-3-5-9-19/h3-16,26-27H,17H2,1-2H3,(H,30,33)(H,31,36)/t26-,27-/m1/s1. The number of carbonyl (C=O) groups is 1. The van der Waals surface area contributed by atoms with Gasteiger partial charge in [-0.05, 0) is 67.2 Å². The Morgan fingerprint density at radius 3 is 2.64 bits per heavy atom. The predicted octanol–water partition coefficient (Wildman–Crippen LogP) is 5.41. The summed E-state index contributed by atoms with van der Waals surface area (Å²) in [7, 11) is 1.49. The summed E-state index contributed by atoms with van der Waals surface area (Å²) < 4.78 is 11.3. The molecule has 2 aromatic heterocycles. The van der Waals surface area contributed by atoms with Gasteiger partial charge in [-0.15, -0.1) is 0 Å². The molecule has 0 saturated carbocycles. The molecule has 1 fully saturated rings. The summed E-state index contributed by atoms with van der Waals surface area (Å²) in [6.45, 7) is 1.95. The lowest BCUT2D eigenvalue weighted by molar-refractivity contribution is -0.119. The van der Waals surface area contributed by atoms with Crippen LogP contribution < -0.4 is 15.5 Å². The Hall–Kier alpha value is -4.01. The number of thiocarbonyl (C=S) groups is 1. The molecule has 1 saturated heterocycles. The predicted molar refractivity (Wildman–Crippen MR) is 144 cm³/mol. The Kier molecular flexibility index (Phi) is 6.79. The minimum absolute atomic E-state index is 0.00259. The first-order valence-electron chi connectivity index (χ1n) is 11.6. The highest BCUT2D eigenvalue weighted by atomic mass is 32.1. The number of nitrogens with zero attached hydrogens (tertiary/aromatic N) is 2. The lowest BCUT2D eigenvalue weighted by Crippen LogP contribution is -2.29. The number of carbonyl (C=O) groups excluding carboxylic acids is 1. The maximum absolute atomic E-state index is 12.0. The molecule has 2 atom stereocenters. The molecule has 2 aromatic carbocycles. The van der Waals surface area contributed by atoms with Crippen molar-refractivity contribution in [2.75, 3.05) is 23.9 Å². The zero-order chi connectivity index (χ0) is 25.1. The smallest absolute Gasteiger partial charge is 0.250 e. The average molecular weight is 499 g/mol. The maximum atomic E-state index is 12.0. The molecule has 182 valence electrons. The second-order valence-electron chi connectivity index (χ2n) is 8.55. The van der Waals surface area contributed by atoms with E-state index in [4.69, 9.17) is 21.4 Å². The molecule has 0 aliphatic carbocycles. The third kappa shape index (κ3) is 4.73. The largest absolute Gasteiger partial charge is 0.459 e. The van der Waals surface area contributed by atoms with Gasteiger partial charge in [0.05, 0.1) is 11.7 Å². The number of amides is 1. The number of pyridine rings is 1. The van der Waals surface area contributed by atoms with Gasteiger partial charge in [-0.25, -0.2) is 0 Å². The van der Waals surface area contributed by atoms with Crippen LogP contribution in [0.25, 0.3) is 11.3 Å². The van der Waals surface area contributed by atoms with Gasteiger partial charge in [0, 0.05) is 30.2 Å². The summed E-state index contributed by atoms with van der Waals surface area (Å²) in [4.78, 5) is 18.7. The zero-order valence-corrected chi connectivity index (χ0v) is 20.8. The Morgan fingerprint density at radius 1 is 1.11 bits per heavy atom. The molecule has 1 aliphatic rings. The first kappa shape index (κ1) is 23.7. The molecule has 1 amide bonds. The monoisotopic (exact) mass is 498 g/mol. The van der Waals surface area contributed by atoms with Crippen molar-refractivity contribution >= 4 is 34.6 Å². The van der Waals surface area contributed by atoms with Crippen LogP contribution in [0, 0.1) is 6.92 Å². The number of hydrogen-bond donors (Lipinski definition) is 2. The molecule has 3 heterocycles. The van der Waals surface area contributed by atoms with Crippen LogP contribution in [-0.2, 0) is 9.53 Å². The lowest BCUT2D eigenvalue weighted by atomic mass is 10.0. The molecule has 4 aromatic rings. The van der Waals surface area contributed by atoms with Crippen molar-refractivity contribution in [3.05, 3.63) is 102 Å². The van der Waals surface area contributed by atoms with Crippen LogP contribution >= 0.6 is 12.2 Å². The van der Waals surface area contributed by atoms with E-state index in [1.165, 1.54) is 7.11 Å². The summed E-state index contributed by atoms with van der Waals surface area (Å²) >= 11 is 5.82. The SMILES string of the molecule is COCC(=O)Nc1ccc(N2C(=S)N[C@H](c3ccccn3)[C@H]2c2ccc(-c3ccccc3)o2)cc1C. The molecule has 0 radical (unpaired) electrons. The van der Waals surface area contributed by atoms with Crippen LogP contribution in [0.3, 0.4) is 0 Å². The summed E-state index contributed by atoms with van der Waals surface area (Å²) in [6, 6.07) is 25.2. The minimum Gasteiger partial charge on any atom is -0.459 e. The van der Waals surface area contributed by atoms with Gasteiger partial charge >= 0.3 is 0 Å². The van der Waals surface area contributed by atoms with Crippen molar-refractivity contribution in [1.82, 2.24) is 10.3 Å². The van der Waals surface area contributed by atoms with Crippen molar-refractivity contribution in [1.29, 1.82) is 0 Å². The van der Waals surface area contributed by atoms with E-state index in [1.807, 2.05) is 85.8 Å². The van der Waals surface area contributed by atoms with Crippen LogP contribution in [0.4, 0.5) is 11.4 Å². The number of aromatic nitrogens is 1. The fraction of sp³-hybridized carbons (Fsp3) is 0.179. The summed E-state index contributed by atoms with van der Waals surface area (Å²) in [5.74, 6) is 1.35. The Balaban J connectivity index is 1.53. The molecule has 36 heavy (non-hydrogen) atoms. The molecule has 8 heteroatoms. The molecule has 5 rings (SSSR count). The van der Waals surface area contributed by atoms with Gasteiger partial charge in [0.25, 0.3) is 0 Å². The topological polar surface area (TPSA) is 79.6 Å². The summed E-state index contributed by atoms with van der Waals surface area (Å²) in [5.41, 5.74) is 4.39. The van der Waals surface area contributed by atoms with Crippen molar-refractivity contribution in [2.45, 2.75) is 19.0 Å². The first-order chi connectivity index (χ1) is 17.5. The van der Waals surface area contributed by atoms with Gasteiger partial charge < -0.3 is 24.7 Å². The molecule has 1 aliphatic heterocycles. The highest BCUT2D eigenvalue weighted by molar-refractivity contribution is 7.80. The number of benzene rings is 2. The fourth-order valence-corrected chi connectivity index (χ4v) is 4.79. The van der Waals surface area contributed by atoms with E-state index in [0.29, 0.717) is 5.11 Å². The van der Waals surface area contributed by atoms with Gasteiger partial charge in [0.1, 0.15) is 24.2 Å². The Bertz CT molecular complexity index is 1370. The van der Waals surface area contributed by atoms with Gasteiger partial charge in [-0.1, -0.05) is 36.4 Å². The van der Waals surface area contributed by atoms with Crippen molar-refractivity contribution in [3.8, 4) is 11.3 Å². The Morgan fingerprint density at radius 2 is 1.92 bits per heavy atom. The minimum atomic E-state index is -0.266. The van der Waals surface area contributed by atoms with E-state index in [9.17, 15) is 4.79 Å². The maximum Gasteiger partial charge on any atom is 0.250 e. The molecule has 0 bridgehead atoms. The molecule has 7 nitrogen and oxygen atoms in total.